The Morgan fingerprint density at radius 2 is 1.78 bits per heavy atom. The zero-order chi connectivity index (χ0) is 27.3. The second kappa shape index (κ2) is 9.45. The lowest BCUT2D eigenvalue weighted by molar-refractivity contribution is -0.153. The molecule has 1 aliphatic carbocycles. The molecule has 1 aliphatic rings. The Morgan fingerprint density at radius 1 is 1.14 bits per heavy atom. The van der Waals surface area contributed by atoms with E-state index in [0.29, 0.717) is 4.57 Å². The smallest absolute Gasteiger partial charge is 0.422 e. The third-order valence-corrected chi connectivity index (χ3v) is 6.09. The molecular formula is C23H20F8N4O2. The second-order valence-electron chi connectivity index (χ2n) is 8.74. The van der Waals surface area contributed by atoms with Crippen LogP contribution in [0.2, 0.25) is 0 Å². The molecule has 2 aromatic heterocycles. The minimum Gasteiger partial charge on any atom is -0.477 e. The van der Waals surface area contributed by atoms with Gasteiger partial charge in [-0.2, -0.15) is 13.2 Å². The standard InChI is InChI=1S/C23H20F8N4O2/c1-10(12-4-3-5-13(15(12)24)18(25)26)32-19-14-8-35(22(6-7-22)21(27)28)20(36)17(37-9-23(29,30)31)16(14)33-11(2)34-19/h3-5,8,10,18,21H,6-7,9H2,1-2H3,(H,32,33,34)/t10-/m1/s1. The molecular weight excluding hydrogens is 516 g/mol. The number of fused-ring (bicyclic) bond motifs is 1. The number of rotatable bonds is 8. The van der Waals surface area contributed by atoms with E-state index in [0.717, 1.165) is 12.3 Å². The van der Waals surface area contributed by atoms with Gasteiger partial charge in [-0.15, -0.1) is 0 Å². The third-order valence-electron chi connectivity index (χ3n) is 6.09. The molecule has 1 atom stereocenters. The minimum atomic E-state index is -4.84. The van der Waals surface area contributed by atoms with Crippen LogP contribution < -0.4 is 15.6 Å². The normalized spacial score (nSPS) is 15.9. The van der Waals surface area contributed by atoms with Gasteiger partial charge in [0.2, 0.25) is 5.75 Å². The maximum Gasteiger partial charge on any atom is 0.422 e. The average Bonchev–Trinajstić information content (AvgIpc) is 3.59. The maximum absolute atomic E-state index is 14.7. The fourth-order valence-corrected chi connectivity index (χ4v) is 4.05. The van der Waals surface area contributed by atoms with Crippen molar-refractivity contribution in [1.82, 2.24) is 14.5 Å². The first kappa shape index (κ1) is 26.6. The highest BCUT2D eigenvalue weighted by Gasteiger charge is 2.54. The van der Waals surface area contributed by atoms with Gasteiger partial charge in [0, 0.05) is 11.8 Å². The summed E-state index contributed by atoms with van der Waals surface area (Å²) in [6.07, 6.45) is -10.1. The summed E-state index contributed by atoms with van der Waals surface area (Å²) in [7, 11) is 0. The summed E-state index contributed by atoms with van der Waals surface area (Å²) >= 11 is 0. The van der Waals surface area contributed by atoms with Crippen LogP contribution in [0.3, 0.4) is 0 Å². The lowest BCUT2D eigenvalue weighted by Gasteiger charge is -2.23. The first-order chi connectivity index (χ1) is 17.2. The molecule has 14 heteroatoms. The highest BCUT2D eigenvalue weighted by atomic mass is 19.4. The van der Waals surface area contributed by atoms with Crippen LogP contribution in [-0.4, -0.2) is 33.7 Å². The highest BCUT2D eigenvalue weighted by Crippen LogP contribution is 2.48. The topological polar surface area (TPSA) is 69.0 Å². The van der Waals surface area contributed by atoms with Crippen molar-refractivity contribution in [2.45, 2.75) is 57.3 Å². The van der Waals surface area contributed by atoms with Crippen LogP contribution in [0.5, 0.6) is 5.75 Å². The molecule has 0 spiro atoms. The number of nitrogens with zero attached hydrogens (tertiary/aromatic N) is 3. The number of aromatic nitrogens is 3. The molecule has 0 radical (unpaired) electrons. The van der Waals surface area contributed by atoms with Gasteiger partial charge in [0.1, 0.15) is 28.5 Å². The van der Waals surface area contributed by atoms with E-state index in [9.17, 15) is 39.9 Å². The van der Waals surface area contributed by atoms with E-state index in [1.54, 1.807) is 0 Å². The monoisotopic (exact) mass is 536 g/mol. The van der Waals surface area contributed by atoms with E-state index in [-0.39, 0.29) is 41.0 Å². The van der Waals surface area contributed by atoms with E-state index in [1.807, 2.05) is 0 Å². The van der Waals surface area contributed by atoms with Gasteiger partial charge in [-0.1, -0.05) is 18.2 Å². The summed E-state index contributed by atoms with van der Waals surface area (Å²) < 4.78 is 113. The zero-order valence-electron chi connectivity index (χ0n) is 19.3. The van der Waals surface area contributed by atoms with Gasteiger partial charge in [-0.3, -0.25) is 9.36 Å². The molecule has 0 amide bonds. The fourth-order valence-electron chi connectivity index (χ4n) is 4.05. The van der Waals surface area contributed by atoms with Crippen LogP contribution in [0.1, 0.15) is 49.2 Å². The van der Waals surface area contributed by atoms with Gasteiger partial charge in [-0.25, -0.2) is 31.9 Å². The number of nitrogens with one attached hydrogen (secondary N) is 1. The van der Waals surface area contributed by atoms with Crippen LogP contribution in [0.4, 0.5) is 40.9 Å². The molecule has 0 saturated heterocycles. The lowest BCUT2D eigenvalue weighted by atomic mass is 10.0. The van der Waals surface area contributed by atoms with Crippen LogP contribution >= 0.6 is 0 Å². The van der Waals surface area contributed by atoms with Gasteiger partial charge in [0.15, 0.2) is 6.61 Å². The van der Waals surface area contributed by atoms with Crippen LogP contribution in [-0.2, 0) is 5.54 Å². The van der Waals surface area contributed by atoms with E-state index in [2.05, 4.69) is 15.3 Å². The SMILES string of the molecule is Cc1nc(N[C@H](C)c2cccc(C(F)F)c2F)c2cn(C3(C(F)F)CC3)c(=O)c(OCC(F)(F)F)c2n1. The molecule has 200 valence electrons. The molecule has 0 aliphatic heterocycles. The van der Waals surface area contributed by atoms with Gasteiger partial charge >= 0.3 is 6.18 Å². The Morgan fingerprint density at radius 3 is 2.35 bits per heavy atom. The maximum atomic E-state index is 14.7. The van der Waals surface area contributed by atoms with Crippen molar-refractivity contribution in [3.05, 3.63) is 57.5 Å². The number of ether oxygens (including phenoxy) is 1. The summed E-state index contributed by atoms with van der Waals surface area (Å²) in [4.78, 5) is 21.2. The zero-order valence-corrected chi connectivity index (χ0v) is 19.3. The Labute approximate surface area is 204 Å². The largest absolute Gasteiger partial charge is 0.477 e. The molecule has 2 heterocycles. The average molecular weight is 536 g/mol. The van der Waals surface area contributed by atoms with Crippen molar-refractivity contribution < 1.29 is 39.9 Å². The summed E-state index contributed by atoms with van der Waals surface area (Å²) in [5.41, 5.74) is -4.54. The first-order valence-electron chi connectivity index (χ1n) is 11.0. The van der Waals surface area contributed by atoms with Gasteiger partial charge in [0.05, 0.1) is 17.0 Å². The van der Waals surface area contributed by atoms with Gasteiger partial charge in [-0.05, 0) is 26.7 Å². The van der Waals surface area contributed by atoms with E-state index in [4.69, 9.17) is 4.74 Å². The molecule has 37 heavy (non-hydrogen) atoms. The number of pyridine rings is 1. The van der Waals surface area contributed by atoms with Crippen molar-refractivity contribution in [2.24, 2.45) is 0 Å². The second-order valence-corrected chi connectivity index (χ2v) is 8.74. The van der Waals surface area contributed by atoms with E-state index in [1.165, 1.54) is 26.0 Å². The molecule has 1 saturated carbocycles. The molecule has 3 aromatic rings. The van der Waals surface area contributed by atoms with Gasteiger partial charge < -0.3 is 10.1 Å². The fraction of sp³-hybridized carbons (Fsp3) is 0.435. The van der Waals surface area contributed by atoms with Crippen molar-refractivity contribution in [2.75, 3.05) is 11.9 Å². The number of hydrogen-bond donors (Lipinski definition) is 1. The van der Waals surface area contributed by atoms with Crippen molar-refractivity contribution >= 4 is 16.7 Å². The van der Waals surface area contributed by atoms with Crippen molar-refractivity contribution in [1.29, 1.82) is 0 Å². The number of hydrogen-bond acceptors (Lipinski definition) is 5. The number of aryl methyl sites for hydroxylation is 1. The molecule has 6 nitrogen and oxygen atoms in total. The lowest BCUT2D eigenvalue weighted by Crippen LogP contribution is -2.36. The predicted molar refractivity (Wildman–Crippen MR) is 117 cm³/mol. The molecule has 0 bridgehead atoms. The Kier molecular flexibility index (Phi) is 6.80. The summed E-state index contributed by atoms with van der Waals surface area (Å²) in [6.45, 7) is 0.889. The number of halogens is 8. The van der Waals surface area contributed by atoms with Crippen molar-refractivity contribution in [3.63, 3.8) is 0 Å². The Balaban J connectivity index is 1.88. The molecule has 1 aromatic carbocycles. The molecule has 1 fully saturated rings. The Hall–Kier alpha value is -3.45. The summed E-state index contributed by atoms with van der Waals surface area (Å²) in [6, 6.07) is 2.38. The Bertz CT molecular complexity index is 1390. The van der Waals surface area contributed by atoms with Crippen molar-refractivity contribution in [3.8, 4) is 5.75 Å². The predicted octanol–water partition coefficient (Wildman–Crippen LogP) is 6.05. The highest BCUT2D eigenvalue weighted by molar-refractivity contribution is 5.92. The van der Waals surface area contributed by atoms with Crippen LogP contribution in [0, 0.1) is 12.7 Å². The summed E-state index contributed by atoms with van der Waals surface area (Å²) in [5, 5.41) is 2.63. The molecule has 0 unspecified atom stereocenters. The number of alkyl halides is 7. The third kappa shape index (κ3) is 5.05. The number of benzene rings is 1. The summed E-state index contributed by atoms with van der Waals surface area (Å²) in [5.74, 6) is -2.25. The van der Waals surface area contributed by atoms with Gasteiger partial charge in [0.25, 0.3) is 18.4 Å². The van der Waals surface area contributed by atoms with Crippen LogP contribution in [0.15, 0.2) is 29.2 Å². The minimum absolute atomic E-state index is 0.0343. The molecule has 4 rings (SSSR count). The van der Waals surface area contributed by atoms with E-state index >= 15 is 0 Å². The van der Waals surface area contributed by atoms with E-state index < -0.39 is 59.9 Å². The quantitative estimate of drug-likeness (QED) is 0.356. The first-order valence-corrected chi connectivity index (χ1v) is 11.0. The molecule has 1 N–H and O–H groups in total. The number of anilines is 1. The van der Waals surface area contributed by atoms with Crippen LogP contribution in [0.25, 0.3) is 10.9 Å².